The van der Waals surface area contributed by atoms with Crippen molar-refractivity contribution in [3.05, 3.63) is 65.2 Å². The molecule has 8 nitrogen and oxygen atoms in total. The molecule has 3 N–H and O–H groups in total. The zero-order valence-electron chi connectivity index (χ0n) is 21.1. The third-order valence-corrected chi connectivity index (χ3v) is 6.14. The smallest absolute Gasteiger partial charge is 0.326 e. The molecule has 1 heterocycles. The zero-order chi connectivity index (χ0) is 26.6. The Morgan fingerprint density at radius 3 is 2.41 bits per heavy atom. The van der Waals surface area contributed by atoms with Crippen LogP contribution in [0.2, 0.25) is 0 Å². The second-order valence-electron chi connectivity index (χ2n) is 9.00. The Morgan fingerprint density at radius 1 is 0.946 bits per heavy atom. The first-order valence-corrected chi connectivity index (χ1v) is 12.7. The summed E-state index contributed by atoms with van der Waals surface area (Å²) in [5, 5.41) is 14.3. The molecule has 3 rings (SSSR count). The quantitative estimate of drug-likeness (QED) is 0.299. The van der Waals surface area contributed by atoms with Gasteiger partial charge in [-0.3, -0.25) is 9.59 Å². The topological polar surface area (TPSA) is 116 Å². The summed E-state index contributed by atoms with van der Waals surface area (Å²) in [4.78, 5) is 50.9. The van der Waals surface area contributed by atoms with Gasteiger partial charge in [0.25, 0.3) is 0 Å². The van der Waals surface area contributed by atoms with Crippen LogP contribution in [-0.2, 0) is 20.9 Å². The van der Waals surface area contributed by atoms with E-state index >= 15 is 0 Å². The second kappa shape index (κ2) is 13.8. The Labute approximate surface area is 217 Å². The summed E-state index contributed by atoms with van der Waals surface area (Å²) in [5.74, 6) is 4.64. The van der Waals surface area contributed by atoms with E-state index in [1.54, 1.807) is 4.90 Å². The number of urea groups is 1. The number of amides is 3. The van der Waals surface area contributed by atoms with E-state index in [4.69, 9.17) is 0 Å². The first kappa shape index (κ1) is 27.5. The van der Waals surface area contributed by atoms with E-state index in [2.05, 4.69) is 29.4 Å². The maximum Gasteiger partial charge on any atom is 0.326 e. The Kier molecular flexibility index (Phi) is 10.3. The van der Waals surface area contributed by atoms with E-state index in [-0.39, 0.29) is 31.1 Å². The molecule has 0 aromatic heterocycles. The van der Waals surface area contributed by atoms with Gasteiger partial charge in [0.2, 0.25) is 5.91 Å². The van der Waals surface area contributed by atoms with Crippen LogP contribution in [0.1, 0.15) is 68.6 Å². The van der Waals surface area contributed by atoms with Crippen molar-refractivity contribution in [2.45, 2.75) is 64.5 Å². The van der Waals surface area contributed by atoms with Gasteiger partial charge in [0.05, 0.1) is 12.2 Å². The predicted octanol–water partition coefficient (Wildman–Crippen LogP) is 4.01. The predicted molar refractivity (Wildman–Crippen MR) is 141 cm³/mol. The Bertz CT molecular complexity index is 1200. The fourth-order valence-electron chi connectivity index (χ4n) is 4.11. The molecule has 0 aliphatic carbocycles. The largest absolute Gasteiger partial charge is 0.480 e. The molecule has 0 unspecified atom stereocenters. The molecule has 3 amide bonds. The number of fused-ring (bicyclic) bond motifs is 2. The van der Waals surface area contributed by atoms with E-state index in [0.717, 1.165) is 36.0 Å². The number of hydrogen-bond acceptors (Lipinski definition) is 4. The standard InChI is InChI=1S/C29H33N3O5/c1-2-3-4-5-13-24(33)19-25(28(35)36)31-29(37)30-18-17-27(34)32-20-23-12-7-6-10-21(23)15-16-22-11-8-9-14-26(22)32/h6-12,14,25H,2-5,13,17-20H2,1H3,(H,35,36)(H2,30,31,37)/t25-/m0/s1. The minimum absolute atomic E-state index is 0.00540. The van der Waals surface area contributed by atoms with Crippen LogP contribution in [-0.4, -0.2) is 41.4 Å². The lowest BCUT2D eigenvalue weighted by molar-refractivity contribution is -0.141. The minimum atomic E-state index is -1.31. The highest BCUT2D eigenvalue weighted by Gasteiger charge is 2.24. The number of ketones is 1. The van der Waals surface area contributed by atoms with Crippen LogP contribution in [0.25, 0.3) is 0 Å². The van der Waals surface area contributed by atoms with E-state index in [0.29, 0.717) is 25.1 Å². The van der Waals surface area contributed by atoms with Gasteiger partial charge in [0, 0.05) is 36.9 Å². The molecule has 0 saturated heterocycles. The van der Waals surface area contributed by atoms with Crippen molar-refractivity contribution in [1.29, 1.82) is 0 Å². The van der Waals surface area contributed by atoms with Crippen LogP contribution in [0, 0.1) is 11.8 Å². The first-order chi connectivity index (χ1) is 17.9. The van der Waals surface area contributed by atoms with Crippen LogP contribution in [0.15, 0.2) is 48.5 Å². The van der Waals surface area contributed by atoms with Gasteiger partial charge in [0.1, 0.15) is 11.8 Å². The second-order valence-corrected chi connectivity index (χ2v) is 9.00. The molecular weight excluding hydrogens is 470 g/mol. The third kappa shape index (κ3) is 8.21. The van der Waals surface area contributed by atoms with Gasteiger partial charge < -0.3 is 20.6 Å². The SMILES string of the molecule is CCCCCCC(=O)C[C@H](NC(=O)NCCC(=O)N1Cc2ccccc2C#Cc2ccccc21)C(=O)O. The molecule has 0 radical (unpaired) electrons. The van der Waals surface area contributed by atoms with Crippen LogP contribution >= 0.6 is 0 Å². The maximum absolute atomic E-state index is 13.2. The molecule has 1 aliphatic heterocycles. The van der Waals surface area contributed by atoms with E-state index < -0.39 is 18.0 Å². The normalized spacial score (nSPS) is 12.5. The number of hydrogen-bond donors (Lipinski definition) is 3. The van der Waals surface area contributed by atoms with Crippen LogP contribution in [0.4, 0.5) is 10.5 Å². The number of nitrogens with one attached hydrogen (secondary N) is 2. The lowest BCUT2D eigenvalue weighted by Gasteiger charge is -2.26. The summed E-state index contributed by atoms with van der Waals surface area (Å²) in [6, 6.07) is 13.0. The van der Waals surface area contributed by atoms with Gasteiger partial charge in [-0.1, -0.05) is 68.4 Å². The molecule has 194 valence electrons. The number of anilines is 1. The molecule has 0 fully saturated rings. The maximum atomic E-state index is 13.2. The monoisotopic (exact) mass is 503 g/mol. The van der Waals surface area contributed by atoms with E-state index in [1.165, 1.54) is 0 Å². The van der Waals surface area contributed by atoms with Crippen molar-refractivity contribution in [3.63, 3.8) is 0 Å². The molecule has 37 heavy (non-hydrogen) atoms. The van der Waals surface area contributed by atoms with E-state index in [9.17, 15) is 24.3 Å². The number of nitrogens with zero attached hydrogens (tertiary/aromatic N) is 1. The first-order valence-electron chi connectivity index (χ1n) is 12.7. The van der Waals surface area contributed by atoms with Crippen molar-refractivity contribution in [2.24, 2.45) is 0 Å². The number of carbonyl (C=O) groups is 4. The van der Waals surface area contributed by atoms with Crippen LogP contribution in [0.5, 0.6) is 0 Å². The molecule has 0 saturated carbocycles. The van der Waals surface area contributed by atoms with Crippen molar-refractivity contribution < 1.29 is 24.3 Å². The van der Waals surface area contributed by atoms with Gasteiger partial charge in [-0.25, -0.2) is 9.59 Å². The molecule has 0 spiro atoms. The summed E-state index contributed by atoms with van der Waals surface area (Å²) in [5.41, 5.74) is 3.21. The minimum Gasteiger partial charge on any atom is -0.480 e. The summed E-state index contributed by atoms with van der Waals surface area (Å²) in [6.07, 6.45) is 3.74. The Hall–Kier alpha value is -4.12. The average molecular weight is 504 g/mol. The van der Waals surface area contributed by atoms with Crippen molar-refractivity contribution >= 4 is 29.4 Å². The van der Waals surface area contributed by atoms with Crippen molar-refractivity contribution in [1.82, 2.24) is 10.6 Å². The molecule has 1 atom stereocenters. The highest BCUT2D eigenvalue weighted by atomic mass is 16.4. The molecule has 2 aromatic rings. The van der Waals surface area contributed by atoms with Gasteiger partial charge in [-0.15, -0.1) is 0 Å². The summed E-state index contributed by atoms with van der Waals surface area (Å²) >= 11 is 0. The number of carboxylic acids is 1. The molecular formula is C29H33N3O5. The number of carbonyl (C=O) groups excluding carboxylic acids is 3. The summed E-state index contributed by atoms with van der Waals surface area (Å²) in [6.45, 7) is 2.42. The molecule has 0 bridgehead atoms. The van der Waals surface area contributed by atoms with Gasteiger partial charge in [-0.2, -0.15) is 0 Å². The lowest BCUT2D eigenvalue weighted by atomic mass is 10.0. The fraction of sp³-hybridized carbons (Fsp3) is 0.379. The summed E-state index contributed by atoms with van der Waals surface area (Å²) < 4.78 is 0. The van der Waals surface area contributed by atoms with Crippen LogP contribution < -0.4 is 15.5 Å². The van der Waals surface area contributed by atoms with Crippen molar-refractivity contribution in [2.75, 3.05) is 11.4 Å². The number of para-hydroxylation sites is 1. The number of Topliss-reactive ketones (excluding diaryl/α,β-unsaturated/α-hetero) is 1. The molecule has 2 aromatic carbocycles. The highest BCUT2D eigenvalue weighted by molar-refractivity contribution is 5.95. The van der Waals surface area contributed by atoms with Gasteiger partial charge in [0.15, 0.2) is 0 Å². The number of carboxylic acid groups (broad SMARTS) is 1. The fourth-order valence-corrected chi connectivity index (χ4v) is 4.11. The number of unbranched alkanes of at least 4 members (excludes halogenated alkanes) is 3. The Balaban J connectivity index is 1.56. The van der Waals surface area contributed by atoms with E-state index in [1.807, 2.05) is 48.5 Å². The molecule has 1 aliphatic rings. The van der Waals surface area contributed by atoms with Gasteiger partial charge >= 0.3 is 12.0 Å². The number of benzene rings is 2. The third-order valence-electron chi connectivity index (χ3n) is 6.14. The highest BCUT2D eigenvalue weighted by Crippen LogP contribution is 2.25. The average Bonchev–Trinajstić information content (AvgIpc) is 2.87. The van der Waals surface area contributed by atoms with Crippen LogP contribution in [0.3, 0.4) is 0 Å². The number of aliphatic carboxylic acids is 1. The van der Waals surface area contributed by atoms with Crippen molar-refractivity contribution in [3.8, 4) is 11.8 Å². The van der Waals surface area contributed by atoms with Gasteiger partial charge in [-0.05, 0) is 30.2 Å². The zero-order valence-corrected chi connectivity index (χ0v) is 21.1. The Morgan fingerprint density at radius 2 is 1.65 bits per heavy atom. The summed E-state index contributed by atoms with van der Waals surface area (Å²) in [7, 11) is 0. The number of rotatable bonds is 12. The molecule has 8 heteroatoms. The lowest BCUT2D eigenvalue weighted by Crippen LogP contribution is -2.47.